The normalized spacial score (nSPS) is 23.1. The van der Waals surface area contributed by atoms with E-state index in [4.69, 9.17) is 16.3 Å². The van der Waals surface area contributed by atoms with E-state index in [2.05, 4.69) is 19.2 Å². The molecule has 2 rings (SSSR count). The van der Waals surface area contributed by atoms with Crippen molar-refractivity contribution in [3.63, 3.8) is 0 Å². The molecule has 1 N–H and O–H groups in total. The Morgan fingerprint density at radius 1 is 1.44 bits per heavy atom. The van der Waals surface area contributed by atoms with E-state index < -0.39 is 0 Å². The van der Waals surface area contributed by atoms with Crippen LogP contribution in [0.4, 0.5) is 0 Å². The molecule has 3 heteroatoms. The number of rotatable bonds is 2. The van der Waals surface area contributed by atoms with Crippen molar-refractivity contribution in [2.24, 2.45) is 0 Å². The van der Waals surface area contributed by atoms with Gasteiger partial charge >= 0.3 is 0 Å². The largest absolute Gasteiger partial charge is 0.488 e. The quantitative estimate of drug-likeness (QED) is 0.854. The first-order valence-electron chi connectivity index (χ1n) is 5.73. The Labute approximate surface area is 102 Å². The fraction of sp³-hybridized carbons (Fsp3) is 0.538. The molecule has 0 spiro atoms. The number of halogens is 1. The van der Waals surface area contributed by atoms with Crippen LogP contribution >= 0.6 is 11.6 Å². The van der Waals surface area contributed by atoms with Crippen LogP contribution in [0.3, 0.4) is 0 Å². The molecule has 1 aromatic carbocycles. The average Bonchev–Trinajstić information content (AvgIpc) is 2.63. The van der Waals surface area contributed by atoms with Gasteiger partial charge in [-0.3, -0.25) is 0 Å². The van der Waals surface area contributed by atoms with E-state index in [1.807, 2.05) is 20.0 Å². The van der Waals surface area contributed by atoms with E-state index in [1.165, 1.54) is 5.56 Å². The molecule has 0 saturated carbocycles. The highest BCUT2D eigenvalue weighted by molar-refractivity contribution is 6.32. The van der Waals surface area contributed by atoms with Crippen LogP contribution in [0.1, 0.15) is 36.1 Å². The van der Waals surface area contributed by atoms with Crippen molar-refractivity contribution >= 4 is 11.6 Å². The average molecular weight is 240 g/mol. The van der Waals surface area contributed by atoms with Gasteiger partial charge in [0.1, 0.15) is 11.9 Å². The molecule has 1 aliphatic rings. The Hall–Kier alpha value is -0.730. The zero-order valence-corrected chi connectivity index (χ0v) is 11.0. The molecule has 88 valence electrons. The van der Waals surface area contributed by atoms with Gasteiger partial charge in [0.25, 0.3) is 0 Å². The first-order chi connectivity index (χ1) is 7.60. The number of fused-ring (bicyclic) bond motifs is 1. The van der Waals surface area contributed by atoms with E-state index in [0.717, 1.165) is 28.3 Å². The molecule has 1 aliphatic heterocycles. The minimum Gasteiger partial charge on any atom is -0.488 e. The third kappa shape index (κ3) is 1.61. The molecule has 1 aromatic rings. The molecule has 0 saturated heterocycles. The molecule has 1 heterocycles. The second kappa shape index (κ2) is 4.27. The van der Waals surface area contributed by atoms with Crippen LogP contribution in [0, 0.1) is 13.8 Å². The van der Waals surface area contributed by atoms with E-state index in [0.29, 0.717) is 0 Å². The highest BCUT2D eigenvalue weighted by atomic mass is 35.5. The summed E-state index contributed by atoms with van der Waals surface area (Å²) in [6.45, 7) is 6.23. The van der Waals surface area contributed by atoms with Gasteiger partial charge in [-0.2, -0.15) is 0 Å². The first-order valence-corrected chi connectivity index (χ1v) is 6.11. The SMILES string of the molecule is CCC1Oc2cc(C)c(Cl)c(C)c2C1NC. The van der Waals surface area contributed by atoms with Crippen molar-refractivity contribution < 1.29 is 4.74 Å². The summed E-state index contributed by atoms with van der Waals surface area (Å²) in [5.74, 6) is 0.991. The summed E-state index contributed by atoms with van der Waals surface area (Å²) in [5.41, 5.74) is 3.46. The summed E-state index contributed by atoms with van der Waals surface area (Å²) in [6.07, 6.45) is 1.22. The third-order valence-corrected chi connectivity index (χ3v) is 3.95. The summed E-state index contributed by atoms with van der Waals surface area (Å²) < 4.78 is 5.96. The van der Waals surface area contributed by atoms with Crippen molar-refractivity contribution in [1.82, 2.24) is 5.32 Å². The van der Waals surface area contributed by atoms with Crippen molar-refractivity contribution in [2.75, 3.05) is 7.05 Å². The molecule has 16 heavy (non-hydrogen) atoms. The summed E-state index contributed by atoms with van der Waals surface area (Å²) in [6, 6.07) is 2.31. The van der Waals surface area contributed by atoms with Crippen LogP contribution in [-0.2, 0) is 0 Å². The topological polar surface area (TPSA) is 21.3 Å². The molecule has 0 aliphatic carbocycles. The molecule has 0 amide bonds. The predicted octanol–water partition coefficient (Wildman–Crippen LogP) is 3.39. The number of hydrogen-bond acceptors (Lipinski definition) is 2. The summed E-state index contributed by atoms with van der Waals surface area (Å²) in [4.78, 5) is 0. The number of benzene rings is 1. The minimum absolute atomic E-state index is 0.219. The van der Waals surface area contributed by atoms with Gasteiger partial charge in [0.05, 0.1) is 6.04 Å². The van der Waals surface area contributed by atoms with Gasteiger partial charge in [-0.25, -0.2) is 0 Å². The fourth-order valence-corrected chi connectivity index (χ4v) is 2.64. The molecular formula is C13H18ClNO. The number of aryl methyl sites for hydroxylation is 1. The molecule has 0 radical (unpaired) electrons. The van der Waals surface area contributed by atoms with Gasteiger partial charge < -0.3 is 10.1 Å². The van der Waals surface area contributed by atoms with E-state index in [1.54, 1.807) is 0 Å². The Kier molecular flexibility index (Phi) is 3.13. The van der Waals surface area contributed by atoms with E-state index in [-0.39, 0.29) is 12.1 Å². The zero-order chi connectivity index (χ0) is 11.9. The lowest BCUT2D eigenvalue weighted by Crippen LogP contribution is -2.28. The zero-order valence-electron chi connectivity index (χ0n) is 10.2. The van der Waals surface area contributed by atoms with Gasteiger partial charge in [0, 0.05) is 10.6 Å². The van der Waals surface area contributed by atoms with Gasteiger partial charge in [-0.1, -0.05) is 18.5 Å². The van der Waals surface area contributed by atoms with Crippen molar-refractivity contribution in [3.8, 4) is 5.75 Å². The maximum absolute atomic E-state index is 6.29. The van der Waals surface area contributed by atoms with Gasteiger partial charge in [-0.15, -0.1) is 0 Å². The summed E-state index contributed by atoms with van der Waals surface area (Å²) in [7, 11) is 1.97. The molecular weight excluding hydrogens is 222 g/mol. The molecule has 0 bridgehead atoms. The Balaban J connectivity index is 2.55. The monoisotopic (exact) mass is 239 g/mol. The molecule has 2 nitrogen and oxygen atoms in total. The number of nitrogens with one attached hydrogen (secondary N) is 1. The lowest BCUT2D eigenvalue weighted by Gasteiger charge is -2.17. The third-order valence-electron chi connectivity index (χ3n) is 3.37. The van der Waals surface area contributed by atoms with Gasteiger partial charge in [0.15, 0.2) is 0 Å². The maximum Gasteiger partial charge on any atom is 0.125 e. The maximum atomic E-state index is 6.29. The van der Waals surface area contributed by atoms with Crippen molar-refractivity contribution in [3.05, 3.63) is 27.8 Å². The molecule has 0 aromatic heterocycles. The van der Waals surface area contributed by atoms with Crippen LogP contribution in [0.25, 0.3) is 0 Å². The van der Waals surface area contributed by atoms with Crippen LogP contribution in [0.5, 0.6) is 5.75 Å². The van der Waals surface area contributed by atoms with Gasteiger partial charge in [0.2, 0.25) is 0 Å². The van der Waals surface area contributed by atoms with Crippen LogP contribution in [0.2, 0.25) is 5.02 Å². The standard InChI is InChI=1S/C13H18ClNO/c1-5-9-13(15-4)11-8(3)12(14)7(2)6-10(11)16-9/h6,9,13,15H,5H2,1-4H3. The highest BCUT2D eigenvalue weighted by Crippen LogP contribution is 2.43. The van der Waals surface area contributed by atoms with Crippen LogP contribution in [0.15, 0.2) is 6.07 Å². The van der Waals surface area contributed by atoms with Gasteiger partial charge in [-0.05, 0) is 44.5 Å². The number of ether oxygens (including phenoxy) is 1. The molecule has 2 atom stereocenters. The van der Waals surface area contributed by atoms with E-state index >= 15 is 0 Å². The Morgan fingerprint density at radius 2 is 2.12 bits per heavy atom. The second-order valence-electron chi connectivity index (χ2n) is 4.38. The highest BCUT2D eigenvalue weighted by Gasteiger charge is 2.34. The predicted molar refractivity (Wildman–Crippen MR) is 67.4 cm³/mol. The number of likely N-dealkylation sites (N-methyl/N-ethyl adjacent to an activating group) is 1. The minimum atomic E-state index is 0.219. The first kappa shape index (κ1) is 11.7. The lowest BCUT2D eigenvalue weighted by molar-refractivity contribution is 0.189. The Bertz CT molecular complexity index is 417. The smallest absolute Gasteiger partial charge is 0.125 e. The van der Waals surface area contributed by atoms with Crippen LogP contribution in [-0.4, -0.2) is 13.2 Å². The number of hydrogen-bond donors (Lipinski definition) is 1. The molecule has 0 fully saturated rings. The van der Waals surface area contributed by atoms with Crippen molar-refractivity contribution in [1.29, 1.82) is 0 Å². The fourth-order valence-electron chi connectivity index (χ4n) is 2.49. The van der Waals surface area contributed by atoms with Crippen molar-refractivity contribution in [2.45, 2.75) is 39.3 Å². The summed E-state index contributed by atoms with van der Waals surface area (Å²) >= 11 is 6.29. The van der Waals surface area contributed by atoms with E-state index in [9.17, 15) is 0 Å². The lowest BCUT2D eigenvalue weighted by atomic mass is 9.96. The second-order valence-corrected chi connectivity index (χ2v) is 4.75. The summed E-state index contributed by atoms with van der Waals surface area (Å²) in [5, 5.41) is 4.19. The molecule has 2 unspecified atom stereocenters. The Morgan fingerprint density at radius 3 is 2.69 bits per heavy atom. The van der Waals surface area contributed by atoms with Crippen LogP contribution < -0.4 is 10.1 Å².